The normalized spacial score (nSPS) is 13.2. The van der Waals surface area contributed by atoms with E-state index in [0.717, 1.165) is 11.8 Å². The summed E-state index contributed by atoms with van der Waals surface area (Å²) in [4.78, 5) is 11.0. The number of amides is 1. The monoisotopic (exact) mass is 271 g/mol. The van der Waals surface area contributed by atoms with Crippen molar-refractivity contribution in [1.82, 2.24) is 5.32 Å². The minimum Gasteiger partial charge on any atom is -0.368 e. The van der Waals surface area contributed by atoms with Crippen LogP contribution in [0.1, 0.15) is 5.56 Å². The van der Waals surface area contributed by atoms with Crippen molar-refractivity contribution in [2.75, 3.05) is 12.8 Å². The number of rotatable bonds is 6. The first-order valence-corrected chi connectivity index (χ1v) is 7.24. The molecule has 0 saturated carbocycles. The van der Waals surface area contributed by atoms with Gasteiger partial charge in [-0.25, -0.2) is 8.42 Å². The van der Waals surface area contributed by atoms with Crippen LogP contribution in [-0.4, -0.2) is 33.2 Å². The molecular formula is C11H17N3O3S. The first kappa shape index (κ1) is 14.6. The van der Waals surface area contributed by atoms with Crippen LogP contribution in [0.2, 0.25) is 0 Å². The number of hydrogen-bond donors (Lipinski definition) is 3. The third kappa shape index (κ3) is 4.44. The van der Waals surface area contributed by atoms with E-state index in [2.05, 4.69) is 5.32 Å². The van der Waals surface area contributed by atoms with Gasteiger partial charge in [-0.3, -0.25) is 4.79 Å². The van der Waals surface area contributed by atoms with Crippen LogP contribution in [0.15, 0.2) is 29.2 Å². The van der Waals surface area contributed by atoms with Crippen molar-refractivity contribution in [1.29, 1.82) is 0 Å². The van der Waals surface area contributed by atoms with Gasteiger partial charge < -0.3 is 16.8 Å². The van der Waals surface area contributed by atoms with Gasteiger partial charge in [0.1, 0.15) is 0 Å². The van der Waals surface area contributed by atoms with E-state index < -0.39 is 21.8 Å². The van der Waals surface area contributed by atoms with E-state index in [1.54, 1.807) is 24.3 Å². The van der Waals surface area contributed by atoms with Gasteiger partial charge in [0.2, 0.25) is 5.91 Å². The van der Waals surface area contributed by atoms with E-state index in [0.29, 0.717) is 6.54 Å². The third-order valence-corrected chi connectivity index (χ3v) is 3.54. The second-order valence-electron chi connectivity index (χ2n) is 4.06. The maximum Gasteiger partial charge on any atom is 0.235 e. The van der Waals surface area contributed by atoms with E-state index in [-0.39, 0.29) is 11.4 Å². The highest BCUT2D eigenvalue weighted by Crippen LogP contribution is 2.09. The molecule has 1 atom stereocenters. The number of carbonyl (C=O) groups excluding carboxylic acids is 1. The van der Waals surface area contributed by atoms with Crippen LogP contribution >= 0.6 is 0 Å². The zero-order valence-corrected chi connectivity index (χ0v) is 10.9. The van der Waals surface area contributed by atoms with E-state index in [9.17, 15) is 13.2 Å². The molecule has 0 heterocycles. The third-order valence-electron chi connectivity index (χ3n) is 2.41. The molecule has 18 heavy (non-hydrogen) atoms. The minimum atomic E-state index is -3.17. The summed E-state index contributed by atoms with van der Waals surface area (Å²) in [5.74, 6) is -0.560. The zero-order valence-electron chi connectivity index (χ0n) is 10.1. The lowest BCUT2D eigenvalue weighted by atomic mass is 10.2. The molecular weight excluding hydrogens is 254 g/mol. The maximum absolute atomic E-state index is 11.2. The van der Waals surface area contributed by atoms with Crippen molar-refractivity contribution < 1.29 is 13.2 Å². The zero-order chi connectivity index (χ0) is 13.8. The van der Waals surface area contributed by atoms with Gasteiger partial charge in [-0.2, -0.15) is 0 Å². The Morgan fingerprint density at radius 2 is 1.89 bits per heavy atom. The lowest BCUT2D eigenvalue weighted by Crippen LogP contribution is -2.44. The fraction of sp³-hybridized carbons (Fsp3) is 0.364. The summed E-state index contributed by atoms with van der Waals surface area (Å²) in [6.07, 6.45) is 1.16. The molecule has 0 radical (unpaired) electrons. The molecule has 1 rings (SSSR count). The predicted octanol–water partition coefficient (Wildman–Crippen LogP) is -1.01. The van der Waals surface area contributed by atoms with Crippen LogP contribution in [0, 0.1) is 0 Å². The molecule has 1 aromatic rings. The lowest BCUT2D eigenvalue weighted by molar-refractivity contribution is -0.119. The Bertz CT molecular complexity index is 511. The van der Waals surface area contributed by atoms with Gasteiger partial charge in [0, 0.05) is 19.3 Å². The van der Waals surface area contributed by atoms with Crippen molar-refractivity contribution in [3.8, 4) is 0 Å². The number of benzene rings is 1. The molecule has 0 aliphatic heterocycles. The van der Waals surface area contributed by atoms with Gasteiger partial charge in [-0.1, -0.05) is 12.1 Å². The van der Waals surface area contributed by atoms with Crippen molar-refractivity contribution in [3.05, 3.63) is 29.8 Å². The van der Waals surface area contributed by atoms with Crippen molar-refractivity contribution in [2.45, 2.75) is 17.5 Å². The number of carbonyl (C=O) groups is 1. The quantitative estimate of drug-likeness (QED) is 0.613. The van der Waals surface area contributed by atoms with E-state index >= 15 is 0 Å². The van der Waals surface area contributed by atoms with Gasteiger partial charge in [-0.15, -0.1) is 0 Å². The second-order valence-corrected chi connectivity index (χ2v) is 6.07. The molecule has 0 bridgehead atoms. The molecule has 0 aliphatic carbocycles. The smallest absolute Gasteiger partial charge is 0.235 e. The fourth-order valence-corrected chi connectivity index (χ4v) is 1.96. The number of primary amides is 1. The Hall–Kier alpha value is -1.44. The first-order chi connectivity index (χ1) is 8.30. The van der Waals surface area contributed by atoms with E-state index in [4.69, 9.17) is 11.5 Å². The molecule has 0 fully saturated rings. The van der Waals surface area contributed by atoms with E-state index in [1.165, 1.54) is 0 Å². The van der Waals surface area contributed by atoms with Gasteiger partial charge >= 0.3 is 0 Å². The average Bonchev–Trinajstić information content (AvgIpc) is 2.28. The second kappa shape index (κ2) is 5.94. The predicted molar refractivity (Wildman–Crippen MR) is 68.4 cm³/mol. The first-order valence-electron chi connectivity index (χ1n) is 5.35. The summed E-state index contributed by atoms with van der Waals surface area (Å²) < 4.78 is 22.5. The Morgan fingerprint density at radius 1 is 1.33 bits per heavy atom. The molecule has 0 saturated heterocycles. The van der Waals surface area contributed by atoms with Crippen LogP contribution in [-0.2, 0) is 21.2 Å². The minimum absolute atomic E-state index is 0.278. The van der Waals surface area contributed by atoms with Gasteiger partial charge in [0.05, 0.1) is 10.9 Å². The van der Waals surface area contributed by atoms with Crippen LogP contribution in [0.4, 0.5) is 0 Å². The molecule has 5 N–H and O–H groups in total. The van der Waals surface area contributed by atoms with Crippen LogP contribution in [0.3, 0.4) is 0 Å². The highest BCUT2D eigenvalue weighted by molar-refractivity contribution is 7.90. The lowest BCUT2D eigenvalue weighted by Gasteiger charge is -2.09. The van der Waals surface area contributed by atoms with Crippen LogP contribution < -0.4 is 16.8 Å². The Morgan fingerprint density at radius 3 is 2.33 bits per heavy atom. The Labute approximate surface area is 106 Å². The summed E-state index contributed by atoms with van der Waals surface area (Å²) in [6, 6.07) is 5.78. The number of nitrogens with one attached hydrogen (secondary N) is 1. The largest absolute Gasteiger partial charge is 0.368 e. The topological polar surface area (TPSA) is 115 Å². The summed E-state index contributed by atoms with van der Waals surface area (Å²) >= 11 is 0. The van der Waals surface area contributed by atoms with Crippen LogP contribution in [0.5, 0.6) is 0 Å². The molecule has 1 amide bonds. The standard InChI is InChI=1S/C11H17N3O3S/c1-18(16,17)9-4-2-8(3-5-9)6-14-7-10(12)11(13)15/h2-5,10,14H,6-7,12H2,1H3,(H2,13,15). The SMILES string of the molecule is CS(=O)(=O)c1ccc(CNCC(N)C(N)=O)cc1. The number of hydrogen-bond acceptors (Lipinski definition) is 5. The van der Waals surface area contributed by atoms with Gasteiger partial charge in [0.15, 0.2) is 9.84 Å². The fourth-order valence-electron chi connectivity index (χ4n) is 1.33. The molecule has 1 unspecified atom stereocenters. The van der Waals surface area contributed by atoms with Gasteiger partial charge in [0.25, 0.3) is 0 Å². The molecule has 1 aromatic carbocycles. The molecule has 0 aliphatic rings. The maximum atomic E-state index is 11.2. The molecule has 0 aromatic heterocycles. The average molecular weight is 271 g/mol. The molecule has 7 heteroatoms. The highest BCUT2D eigenvalue weighted by Gasteiger charge is 2.08. The molecule has 0 spiro atoms. The van der Waals surface area contributed by atoms with Crippen LogP contribution in [0.25, 0.3) is 0 Å². The highest BCUT2D eigenvalue weighted by atomic mass is 32.2. The van der Waals surface area contributed by atoms with Crippen molar-refractivity contribution in [2.24, 2.45) is 11.5 Å². The Balaban J connectivity index is 2.52. The summed E-state index contributed by atoms with van der Waals surface area (Å²) in [5, 5.41) is 2.97. The summed E-state index contributed by atoms with van der Waals surface area (Å²) in [7, 11) is -3.17. The Kier molecular flexibility index (Phi) is 4.83. The van der Waals surface area contributed by atoms with Crippen molar-refractivity contribution in [3.63, 3.8) is 0 Å². The molecule has 6 nitrogen and oxygen atoms in total. The van der Waals surface area contributed by atoms with Crippen molar-refractivity contribution >= 4 is 15.7 Å². The molecule has 100 valence electrons. The van der Waals surface area contributed by atoms with E-state index in [1.807, 2.05) is 0 Å². The summed E-state index contributed by atoms with van der Waals surface area (Å²) in [5.41, 5.74) is 11.4. The summed E-state index contributed by atoms with van der Waals surface area (Å²) in [6.45, 7) is 0.772. The number of nitrogens with two attached hydrogens (primary N) is 2. The van der Waals surface area contributed by atoms with Gasteiger partial charge in [-0.05, 0) is 17.7 Å². The number of sulfone groups is 1.